The summed E-state index contributed by atoms with van der Waals surface area (Å²) in [6.45, 7) is 2.07. The molecule has 1 N–H and O–H groups in total. The molecule has 0 aliphatic rings. The van der Waals surface area contributed by atoms with Crippen LogP contribution in [0.1, 0.15) is 12.7 Å². The summed E-state index contributed by atoms with van der Waals surface area (Å²) in [6.07, 6.45) is 7.67. The van der Waals surface area contributed by atoms with Crippen LogP contribution >= 0.6 is 0 Å². The highest BCUT2D eigenvalue weighted by Gasteiger charge is 2.12. The maximum atomic E-state index is 5.33. The molecule has 0 aromatic carbocycles. The molecule has 0 aliphatic heterocycles. The molecule has 3 aromatic rings. The maximum absolute atomic E-state index is 5.33. The first-order valence-electron chi connectivity index (χ1n) is 6.71. The highest BCUT2D eigenvalue weighted by atomic mass is 16.5. The lowest BCUT2D eigenvalue weighted by atomic mass is 10.2. The number of pyridine rings is 1. The van der Waals surface area contributed by atoms with Crippen molar-refractivity contribution in [2.45, 2.75) is 19.4 Å². The van der Waals surface area contributed by atoms with Gasteiger partial charge in [-0.2, -0.15) is 4.98 Å². The number of imidazole rings is 1. The predicted octanol–water partition coefficient (Wildman–Crippen LogP) is 1.47. The topological polar surface area (TPSA) is 81.7 Å². The summed E-state index contributed by atoms with van der Waals surface area (Å²) in [7, 11) is 1.91. The second-order valence-corrected chi connectivity index (χ2v) is 4.78. The monoisotopic (exact) mass is 284 g/mol. The summed E-state index contributed by atoms with van der Waals surface area (Å²) in [6, 6.07) is 4.04. The van der Waals surface area contributed by atoms with Gasteiger partial charge in [-0.1, -0.05) is 5.16 Å². The third-order valence-electron chi connectivity index (χ3n) is 3.21. The zero-order valence-electron chi connectivity index (χ0n) is 11.9. The van der Waals surface area contributed by atoms with E-state index in [1.807, 2.05) is 29.9 Å². The molecule has 0 aliphatic carbocycles. The van der Waals surface area contributed by atoms with Crippen molar-refractivity contribution < 1.29 is 4.52 Å². The molecule has 21 heavy (non-hydrogen) atoms. The van der Waals surface area contributed by atoms with Crippen molar-refractivity contribution in [3.63, 3.8) is 0 Å². The first kappa shape index (κ1) is 13.4. The molecule has 0 amide bonds. The fourth-order valence-corrected chi connectivity index (χ4v) is 1.92. The van der Waals surface area contributed by atoms with Gasteiger partial charge in [0.2, 0.25) is 0 Å². The Bertz CT molecular complexity index is 706. The molecule has 0 saturated carbocycles. The Morgan fingerprint density at radius 2 is 2.29 bits per heavy atom. The lowest BCUT2D eigenvalue weighted by Gasteiger charge is -2.04. The van der Waals surface area contributed by atoms with E-state index in [0.29, 0.717) is 17.8 Å². The summed E-state index contributed by atoms with van der Waals surface area (Å²) < 4.78 is 7.15. The molecular weight excluding hydrogens is 268 g/mol. The van der Waals surface area contributed by atoms with E-state index in [-0.39, 0.29) is 0 Å². The minimum Gasteiger partial charge on any atom is -0.334 e. The molecule has 3 heterocycles. The molecule has 7 nitrogen and oxygen atoms in total. The Labute approximate surface area is 122 Å². The second-order valence-electron chi connectivity index (χ2n) is 4.78. The number of aromatic nitrogens is 5. The standard InChI is InChI=1S/C14H16N6O/c1-10(15-2)7-12-18-14(21-19-12)11-3-4-17-13(8-11)20-6-5-16-9-20/h3-6,8-10,15H,7H2,1-2H3. The highest BCUT2D eigenvalue weighted by Crippen LogP contribution is 2.19. The molecule has 0 fully saturated rings. The van der Waals surface area contributed by atoms with Gasteiger partial charge < -0.3 is 9.84 Å². The molecule has 7 heteroatoms. The quantitative estimate of drug-likeness (QED) is 0.764. The van der Waals surface area contributed by atoms with Gasteiger partial charge in [0.1, 0.15) is 12.1 Å². The SMILES string of the molecule is CNC(C)Cc1noc(-c2ccnc(-n3ccnc3)c2)n1. The van der Waals surface area contributed by atoms with Crippen molar-refractivity contribution in [1.82, 2.24) is 30.0 Å². The molecule has 1 unspecified atom stereocenters. The first-order chi connectivity index (χ1) is 10.3. The second kappa shape index (κ2) is 5.84. The minimum atomic E-state index is 0.300. The van der Waals surface area contributed by atoms with Crippen molar-refractivity contribution in [2.24, 2.45) is 0 Å². The average molecular weight is 284 g/mol. The van der Waals surface area contributed by atoms with Crippen LogP contribution in [0.25, 0.3) is 17.3 Å². The molecule has 0 spiro atoms. The van der Waals surface area contributed by atoms with Crippen LogP contribution in [0.5, 0.6) is 0 Å². The molecule has 1 atom stereocenters. The minimum absolute atomic E-state index is 0.300. The normalized spacial score (nSPS) is 12.5. The van der Waals surface area contributed by atoms with Crippen LogP contribution in [0.2, 0.25) is 0 Å². The van der Waals surface area contributed by atoms with Crippen LogP contribution in [0.3, 0.4) is 0 Å². The van der Waals surface area contributed by atoms with Crippen molar-refractivity contribution in [3.05, 3.63) is 42.9 Å². The number of nitrogens with one attached hydrogen (secondary N) is 1. The van der Waals surface area contributed by atoms with E-state index in [9.17, 15) is 0 Å². The van der Waals surface area contributed by atoms with E-state index in [2.05, 4.69) is 32.3 Å². The van der Waals surface area contributed by atoms with E-state index in [1.165, 1.54) is 0 Å². The largest absolute Gasteiger partial charge is 0.334 e. The van der Waals surface area contributed by atoms with Gasteiger partial charge in [0, 0.05) is 36.6 Å². The predicted molar refractivity (Wildman–Crippen MR) is 76.9 cm³/mol. The average Bonchev–Trinajstić information content (AvgIpc) is 3.19. The number of likely N-dealkylation sites (N-methyl/N-ethyl adjacent to an activating group) is 1. The van der Waals surface area contributed by atoms with Gasteiger partial charge in [-0.25, -0.2) is 9.97 Å². The number of hydrogen-bond acceptors (Lipinski definition) is 6. The fraction of sp³-hybridized carbons (Fsp3) is 0.286. The number of hydrogen-bond donors (Lipinski definition) is 1. The van der Waals surface area contributed by atoms with Crippen molar-refractivity contribution in [2.75, 3.05) is 7.05 Å². The molecule has 3 rings (SSSR count). The maximum Gasteiger partial charge on any atom is 0.258 e. The van der Waals surface area contributed by atoms with Gasteiger partial charge in [-0.15, -0.1) is 0 Å². The molecule has 108 valence electrons. The lowest BCUT2D eigenvalue weighted by molar-refractivity contribution is 0.418. The van der Waals surface area contributed by atoms with E-state index in [0.717, 1.165) is 17.8 Å². The van der Waals surface area contributed by atoms with E-state index >= 15 is 0 Å². The van der Waals surface area contributed by atoms with Gasteiger partial charge >= 0.3 is 0 Å². The van der Waals surface area contributed by atoms with Gasteiger partial charge in [0.25, 0.3) is 5.89 Å². The Hall–Kier alpha value is -2.54. The highest BCUT2D eigenvalue weighted by molar-refractivity contribution is 5.55. The van der Waals surface area contributed by atoms with Crippen molar-refractivity contribution in [1.29, 1.82) is 0 Å². The van der Waals surface area contributed by atoms with Crippen molar-refractivity contribution >= 4 is 0 Å². The summed E-state index contributed by atoms with van der Waals surface area (Å²) in [5, 5.41) is 7.16. The van der Waals surface area contributed by atoms with Gasteiger partial charge in [0.05, 0.1) is 0 Å². The molecule has 0 bridgehead atoms. The first-order valence-corrected chi connectivity index (χ1v) is 6.71. The van der Waals surface area contributed by atoms with E-state index in [4.69, 9.17) is 4.52 Å². The summed E-state index contributed by atoms with van der Waals surface area (Å²) in [5.74, 6) is 1.94. The smallest absolute Gasteiger partial charge is 0.258 e. The van der Waals surface area contributed by atoms with Crippen LogP contribution in [-0.4, -0.2) is 37.8 Å². The van der Waals surface area contributed by atoms with Gasteiger partial charge in [-0.3, -0.25) is 4.57 Å². The molecule has 0 saturated heterocycles. The van der Waals surface area contributed by atoms with Gasteiger partial charge in [0.15, 0.2) is 5.82 Å². The summed E-state index contributed by atoms with van der Waals surface area (Å²) in [5.41, 5.74) is 0.838. The Balaban J connectivity index is 1.86. The summed E-state index contributed by atoms with van der Waals surface area (Å²) in [4.78, 5) is 12.7. The van der Waals surface area contributed by atoms with Crippen LogP contribution < -0.4 is 5.32 Å². The number of rotatable bonds is 5. The van der Waals surface area contributed by atoms with Gasteiger partial charge in [-0.05, 0) is 26.1 Å². The number of nitrogens with zero attached hydrogens (tertiary/aromatic N) is 5. The van der Waals surface area contributed by atoms with Crippen molar-refractivity contribution in [3.8, 4) is 17.3 Å². The zero-order chi connectivity index (χ0) is 14.7. The van der Waals surface area contributed by atoms with Crippen LogP contribution in [0.15, 0.2) is 41.6 Å². The Kier molecular flexibility index (Phi) is 3.74. The fourth-order valence-electron chi connectivity index (χ4n) is 1.92. The lowest BCUT2D eigenvalue weighted by Crippen LogP contribution is -2.24. The third-order valence-corrected chi connectivity index (χ3v) is 3.21. The summed E-state index contributed by atoms with van der Waals surface area (Å²) >= 11 is 0. The van der Waals surface area contributed by atoms with E-state index in [1.54, 1.807) is 18.7 Å². The molecule has 3 aromatic heterocycles. The third kappa shape index (κ3) is 2.97. The zero-order valence-corrected chi connectivity index (χ0v) is 11.9. The Morgan fingerprint density at radius 1 is 1.38 bits per heavy atom. The molecular formula is C14H16N6O. The van der Waals surface area contributed by atoms with Crippen LogP contribution in [0.4, 0.5) is 0 Å². The van der Waals surface area contributed by atoms with Crippen LogP contribution in [0, 0.1) is 0 Å². The molecule has 0 radical (unpaired) electrons. The van der Waals surface area contributed by atoms with E-state index < -0.39 is 0 Å². The Morgan fingerprint density at radius 3 is 3.05 bits per heavy atom. The van der Waals surface area contributed by atoms with Crippen LogP contribution in [-0.2, 0) is 6.42 Å².